The number of nitrogens with one attached hydrogen (secondary N) is 1. The van der Waals surface area contributed by atoms with Crippen LogP contribution in [0.25, 0.3) is 0 Å². The van der Waals surface area contributed by atoms with E-state index in [9.17, 15) is 4.79 Å². The maximum absolute atomic E-state index is 11.6. The van der Waals surface area contributed by atoms with E-state index in [-0.39, 0.29) is 5.91 Å². The molecule has 1 aromatic rings. The zero-order valence-electron chi connectivity index (χ0n) is 10.5. The van der Waals surface area contributed by atoms with Gasteiger partial charge >= 0.3 is 0 Å². The van der Waals surface area contributed by atoms with Crippen LogP contribution in [0.15, 0.2) is 42.5 Å². The summed E-state index contributed by atoms with van der Waals surface area (Å²) in [5.74, 6) is 0.00700. The van der Waals surface area contributed by atoms with E-state index >= 15 is 0 Å². The average Bonchev–Trinajstić information content (AvgIpc) is 2.38. The van der Waals surface area contributed by atoms with Crippen molar-refractivity contribution in [3.05, 3.63) is 48.0 Å². The molecule has 0 aliphatic heterocycles. The Morgan fingerprint density at radius 3 is 2.59 bits per heavy atom. The summed E-state index contributed by atoms with van der Waals surface area (Å²) in [7, 11) is 0. The van der Waals surface area contributed by atoms with Crippen molar-refractivity contribution in [3.63, 3.8) is 0 Å². The molecule has 0 radical (unpaired) electrons. The number of carbonyl (C=O) groups excluding carboxylic acids is 1. The van der Waals surface area contributed by atoms with Gasteiger partial charge in [0.1, 0.15) is 0 Å². The molecule has 0 fully saturated rings. The van der Waals surface area contributed by atoms with Gasteiger partial charge < -0.3 is 5.32 Å². The molecular formula is C15H21NO. The lowest BCUT2D eigenvalue weighted by atomic mass is 10.2. The van der Waals surface area contributed by atoms with Gasteiger partial charge in [0, 0.05) is 12.1 Å². The number of unbranched alkanes of at least 4 members (excludes halogenated alkanes) is 2. The summed E-state index contributed by atoms with van der Waals surface area (Å²) < 4.78 is 0. The van der Waals surface area contributed by atoms with E-state index in [4.69, 9.17) is 0 Å². The van der Waals surface area contributed by atoms with E-state index in [1.165, 1.54) is 12.8 Å². The van der Waals surface area contributed by atoms with Crippen LogP contribution in [0.4, 0.5) is 0 Å². The van der Waals surface area contributed by atoms with Crippen LogP contribution in [-0.4, -0.2) is 12.5 Å². The van der Waals surface area contributed by atoms with Gasteiger partial charge in [-0.3, -0.25) is 4.79 Å². The van der Waals surface area contributed by atoms with Gasteiger partial charge in [-0.15, -0.1) is 0 Å². The summed E-state index contributed by atoms with van der Waals surface area (Å²) in [6.07, 6.45) is 8.85. The van der Waals surface area contributed by atoms with Crippen LogP contribution in [0.2, 0.25) is 0 Å². The van der Waals surface area contributed by atoms with Crippen molar-refractivity contribution in [1.82, 2.24) is 5.32 Å². The van der Waals surface area contributed by atoms with Crippen LogP contribution in [0, 0.1) is 0 Å². The van der Waals surface area contributed by atoms with E-state index in [1.807, 2.05) is 30.3 Å². The standard InChI is InChI=1S/C15H21NO/c1-2-3-4-5-6-10-13-16-15(17)14-11-8-7-9-12-14/h5-9,11-12H,2-4,10,13H2,1H3,(H,16,17)/b6-5+. The number of hydrogen-bond donors (Lipinski definition) is 1. The third-order valence-corrected chi connectivity index (χ3v) is 2.52. The van der Waals surface area contributed by atoms with E-state index in [0.717, 1.165) is 18.4 Å². The van der Waals surface area contributed by atoms with Crippen molar-refractivity contribution < 1.29 is 4.79 Å². The summed E-state index contributed by atoms with van der Waals surface area (Å²) in [5.41, 5.74) is 0.725. The molecule has 2 heteroatoms. The number of allylic oxidation sites excluding steroid dienone is 1. The normalized spacial score (nSPS) is 10.6. The molecule has 0 unspecified atom stereocenters. The lowest BCUT2D eigenvalue weighted by molar-refractivity contribution is 0.0954. The van der Waals surface area contributed by atoms with Crippen LogP contribution < -0.4 is 5.32 Å². The molecule has 0 aliphatic carbocycles. The van der Waals surface area contributed by atoms with Crippen LogP contribution in [0.5, 0.6) is 0 Å². The smallest absolute Gasteiger partial charge is 0.251 e. The summed E-state index contributed by atoms with van der Waals surface area (Å²) in [4.78, 5) is 11.6. The Morgan fingerprint density at radius 2 is 1.88 bits per heavy atom. The highest BCUT2D eigenvalue weighted by Crippen LogP contribution is 1.98. The van der Waals surface area contributed by atoms with Crippen molar-refractivity contribution in [2.45, 2.75) is 32.6 Å². The Balaban J connectivity index is 2.15. The number of benzene rings is 1. The molecule has 0 aromatic heterocycles. The second kappa shape index (κ2) is 8.57. The van der Waals surface area contributed by atoms with Gasteiger partial charge in [-0.2, -0.15) is 0 Å². The number of carbonyl (C=O) groups is 1. The molecule has 1 N–H and O–H groups in total. The highest BCUT2D eigenvalue weighted by Gasteiger charge is 2.01. The van der Waals surface area contributed by atoms with E-state index in [2.05, 4.69) is 24.4 Å². The Bertz CT molecular complexity index is 343. The molecule has 2 nitrogen and oxygen atoms in total. The van der Waals surface area contributed by atoms with Crippen LogP contribution in [0.1, 0.15) is 43.0 Å². The molecule has 1 rings (SSSR count). The van der Waals surface area contributed by atoms with E-state index < -0.39 is 0 Å². The highest BCUT2D eigenvalue weighted by atomic mass is 16.1. The van der Waals surface area contributed by atoms with Gasteiger partial charge in [0.05, 0.1) is 0 Å². The van der Waals surface area contributed by atoms with Gasteiger partial charge in [0.15, 0.2) is 0 Å². The quantitative estimate of drug-likeness (QED) is 0.564. The molecule has 1 amide bonds. The fourth-order valence-electron chi connectivity index (χ4n) is 1.52. The van der Waals surface area contributed by atoms with Gasteiger partial charge in [-0.05, 0) is 25.0 Å². The zero-order valence-corrected chi connectivity index (χ0v) is 10.5. The number of rotatable bonds is 7. The average molecular weight is 231 g/mol. The largest absolute Gasteiger partial charge is 0.352 e. The molecule has 0 aliphatic rings. The van der Waals surface area contributed by atoms with E-state index in [0.29, 0.717) is 6.54 Å². The van der Waals surface area contributed by atoms with Gasteiger partial charge in [0.2, 0.25) is 0 Å². The molecule has 0 saturated carbocycles. The zero-order chi connectivity index (χ0) is 12.3. The van der Waals surface area contributed by atoms with Gasteiger partial charge in [0.25, 0.3) is 5.91 Å². The predicted octanol–water partition coefficient (Wildman–Crippen LogP) is 3.55. The lowest BCUT2D eigenvalue weighted by Crippen LogP contribution is -2.23. The Kier molecular flexibility index (Phi) is 6.80. The monoisotopic (exact) mass is 231 g/mol. The second-order valence-corrected chi connectivity index (χ2v) is 4.02. The first kappa shape index (κ1) is 13.5. The lowest BCUT2D eigenvalue weighted by Gasteiger charge is -2.02. The van der Waals surface area contributed by atoms with Crippen molar-refractivity contribution in [2.24, 2.45) is 0 Å². The van der Waals surface area contributed by atoms with Crippen LogP contribution in [-0.2, 0) is 0 Å². The minimum Gasteiger partial charge on any atom is -0.352 e. The second-order valence-electron chi connectivity index (χ2n) is 4.02. The van der Waals surface area contributed by atoms with Gasteiger partial charge in [-0.25, -0.2) is 0 Å². The van der Waals surface area contributed by atoms with Crippen molar-refractivity contribution in [1.29, 1.82) is 0 Å². The molecule has 1 aromatic carbocycles. The maximum atomic E-state index is 11.6. The molecule has 0 atom stereocenters. The van der Waals surface area contributed by atoms with E-state index in [1.54, 1.807) is 0 Å². The molecule has 92 valence electrons. The van der Waals surface area contributed by atoms with Crippen molar-refractivity contribution >= 4 is 5.91 Å². The maximum Gasteiger partial charge on any atom is 0.251 e. The summed E-state index contributed by atoms with van der Waals surface area (Å²) in [6.45, 7) is 2.89. The fourth-order valence-corrected chi connectivity index (χ4v) is 1.52. The topological polar surface area (TPSA) is 29.1 Å². The third kappa shape index (κ3) is 5.91. The Hall–Kier alpha value is -1.57. The SMILES string of the molecule is CCCC/C=C/CCNC(=O)c1ccccc1. The minimum absolute atomic E-state index is 0.00700. The van der Waals surface area contributed by atoms with Gasteiger partial charge in [-0.1, -0.05) is 50.1 Å². The summed E-state index contributed by atoms with van der Waals surface area (Å²) in [5, 5.41) is 2.90. The Morgan fingerprint density at radius 1 is 1.18 bits per heavy atom. The molecule has 0 bridgehead atoms. The summed E-state index contributed by atoms with van der Waals surface area (Å²) >= 11 is 0. The molecule has 17 heavy (non-hydrogen) atoms. The highest BCUT2D eigenvalue weighted by molar-refractivity contribution is 5.94. The Labute approximate surface area is 104 Å². The van der Waals surface area contributed by atoms with Crippen LogP contribution in [0.3, 0.4) is 0 Å². The third-order valence-electron chi connectivity index (χ3n) is 2.52. The van der Waals surface area contributed by atoms with Crippen LogP contribution >= 0.6 is 0 Å². The first-order valence-corrected chi connectivity index (χ1v) is 6.33. The molecule has 0 spiro atoms. The number of amides is 1. The number of hydrogen-bond acceptors (Lipinski definition) is 1. The first-order chi connectivity index (χ1) is 8.34. The first-order valence-electron chi connectivity index (χ1n) is 6.33. The molecule has 0 saturated heterocycles. The van der Waals surface area contributed by atoms with Crippen molar-refractivity contribution in [3.8, 4) is 0 Å². The minimum atomic E-state index is 0.00700. The fraction of sp³-hybridized carbons (Fsp3) is 0.400. The summed E-state index contributed by atoms with van der Waals surface area (Å²) in [6, 6.07) is 9.31. The van der Waals surface area contributed by atoms with Crippen molar-refractivity contribution in [2.75, 3.05) is 6.54 Å². The molecular weight excluding hydrogens is 210 g/mol. The molecule has 0 heterocycles. The predicted molar refractivity (Wildman–Crippen MR) is 72.1 cm³/mol.